The largest absolute Gasteiger partial charge is 0.290 e. The fraction of sp³-hybridized carbons (Fsp3) is 0.417. The number of fused-ring (bicyclic) bond motifs is 1. The van der Waals surface area contributed by atoms with Crippen LogP contribution in [0.4, 0.5) is 5.69 Å². The van der Waals surface area contributed by atoms with Crippen molar-refractivity contribution in [1.29, 1.82) is 5.53 Å². The molecule has 1 aromatic rings. The maximum Gasteiger partial charge on any atom is 0.231 e. The van der Waals surface area contributed by atoms with Gasteiger partial charge < -0.3 is 0 Å². The van der Waals surface area contributed by atoms with E-state index in [1.165, 1.54) is 5.56 Å². The van der Waals surface area contributed by atoms with Gasteiger partial charge in [-0.15, -0.1) is 0 Å². The molecule has 4 heteroatoms. The summed E-state index contributed by atoms with van der Waals surface area (Å²) in [6.45, 7) is 2.06. The minimum atomic E-state index is 0.00847. The first kappa shape index (κ1) is 10.8. The predicted octanol–water partition coefficient (Wildman–Crippen LogP) is 2.59. The Balaban J connectivity index is 2.44. The molecule has 1 aromatic carbocycles. The molecule has 0 saturated carbocycles. The smallest absolute Gasteiger partial charge is 0.231 e. The van der Waals surface area contributed by atoms with E-state index in [1.807, 2.05) is 31.2 Å². The molecule has 0 fully saturated rings. The number of nitrogens with zero attached hydrogens (tertiary/aromatic N) is 2. The predicted molar refractivity (Wildman–Crippen MR) is 61.4 cm³/mol. The van der Waals surface area contributed by atoms with Crippen LogP contribution in [0.1, 0.15) is 18.9 Å². The van der Waals surface area contributed by atoms with Gasteiger partial charge in [0.1, 0.15) is 6.67 Å². The van der Waals surface area contributed by atoms with Crippen LogP contribution in [0.15, 0.2) is 29.4 Å². The summed E-state index contributed by atoms with van der Waals surface area (Å²) < 4.78 is 0. The van der Waals surface area contributed by atoms with Gasteiger partial charge in [0.2, 0.25) is 5.91 Å². The SMILES string of the molecule is CC1CCc2ccccc2N(CN=N)C1=O. The highest BCUT2D eigenvalue weighted by atomic mass is 16.2. The van der Waals surface area contributed by atoms with Crippen LogP contribution in [-0.2, 0) is 11.2 Å². The molecule has 1 amide bonds. The molecule has 0 bridgehead atoms. The normalized spacial score (nSPS) is 20.2. The topological polar surface area (TPSA) is 56.5 Å². The summed E-state index contributed by atoms with van der Waals surface area (Å²) in [6.07, 6.45) is 1.78. The third-order valence-corrected chi connectivity index (χ3v) is 3.03. The number of hydrogen-bond donors (Lipinski definition) is 1. The van der Waals surface area contributed by atoms with E-state index in [9.17, 15) is 4.79 Å². The lowest BCUT2D eigenvalue weighted by Crippen LogP contribution is -2.34. The van der Waals surface area contributed by atoms with Gasteiger partial charge >= 0.3 is 0 Å². The second-order valence-corrected chi connectivity index (χ2v) is 4.13. The van der Waals surface area contributed by atoms with Crippen LogP contribution in [0.2, 0.25) is 0 Å². The first-order chi connectivity index (χ1) is 7.74. The van der Waals surface area contributed by atoms with Crippen molar-refractivity contribution in [3.05, 3.63) is 29.8 Å². The molecule has 1 heterocycles. The number of benzene rings is 1. The molecule has 1 atom stereocenters. The van der Waals surface area contributed by atoms with Gasteiger partial charge in [0.15, 0.2) is 0 Å². The maximum absolute atomic E-state index is 12.1. The van der Waals surface area contributed by atoms with Gasteiger partial charge in [-0.25, -0.2) is 5.53 Å². The minimum absolute atomic E-state index is 0.00847. The Morgan fingerprint density at radius 3 is 3.00 bits per heavy atom. The number of nitrogens with one attached hydrogen (secondary N) is 1. The quantitative estimate of drug-likeness (QED) is 0.760. The number of para-hydroxylation sites is 1. The fourth-order valence-corrected chi connectivity index (χ4v) is 2.08. The lowest BCUT2D eigenvalue weighted by molar-refractivity contribution is -0.121. The molecule has 1 aliphatic rings. The van der Waals surface area contributed by atoms with Crippen LogP contribution in [0.5, 0.6) is 0 Å². The summed E-state index contributed by atoms with van der Waals surface area (Å²) in [5.74, 6) is 0.0788. The Bertz CT molecular complexity index is 416. The number of anilines is 1. The highest BCUT2D eigenvalue weighted by Gasteiger charge is 2.26. The number of amides is 1. The Kier molecular flexibility index (Phi) is 2.99. The summed E-state index contributed by atoms with van der Waals surface area (Å²) in [4.78, 5) is 13.7. The van der Waals surface area contributed by atoms with Gasteiger partial charge in [-0.05, 0) is 24.5 Å². The summed E-state index contributed by atoms with van der Waals surface area (Å²) in [5.41, 5.74) is 9.02. The van der Waals surface area contributed by atoms with E-state index in [2.05, 4.69) is 5.11 Å². The molecule has 84 valence electrons. The highest BCUT2D eigenvalue weighted by Crippen LogP contribution is 2.28. The molecule has 0 radical (unpaired) electrons. The Labute approximate surface area is 94.8 Å². The second kappa shape index (κ2) is 4.43. The molecule has 2 rings (SSSR count). The first-order valence-electron chi connectivity index (χ1n) is 5.46. The Morgan fingerprint density at radius 2 is 2.25 bits per heavy atom. The summed E-state index contributed by atoms with van der Waals surface area (Å²) in [6, 6.07) is 7.86. The van der Waals surface area contributed by atoms with E-state index in [0.717, 1.165) is 18.5 Å². The van der Waals surface area contributed by atoms with Crippen molar-refractivity contribution < 1.29 is 4.79 Å². The van der Waals surface area contributed by atoms with Gasteiger partial charge in [0, 0.05) is 11.6 Å². The number of hydrogen-bond acceptors (Lipinski definition) is 3. The molecule has 16 heavy (non-hydrogen) atoms. The van der Waals surface area contributed by atoms with Crippen molar-refractivity contribution in [2.45, 2.75) is 19.8 Å². The highest BCUT2D eigenvalue weighted by molar-refractivity contribution is 5.96. The zero-order valence-corrected chi connectivity index (χ0v) is 9.31. The van der Waals surface area contributed by atoms with Gasteiger partial charge in [-0.3, -0.25) is 9.69 Å². The summed E-state index contributed by atoms with van der Waals surface area (Å²) in [7, 11) is 0. The van der Waals surface area contributed by atoms with Crippen LogP contribution >= 0.6 is 0 Å². The van der Waals surface area contributed by atoms with Crippen molar-refractivity contribution in [1.82, 2.24) is 0 Å². The molecule has 4 nitrogen and oxygen atoms in total. The molecule has 1 N–H and O–H groups in total. The lowest BCUT2D eigenvalue weighted by Gasteiger charge is -2.21. The minimum Gasteiger partial charge on any atom is -0.290 e. The molecule has 1 unspecified atom stereocenters. The van der Waals surface area contributed by atoms with Crippen LogP contribution < -0.4 is 4.90 Å². The number of carbonyl (C=O) groups is 1. The third-order valence-electron chi connectivity index (χ3n) is 3.03. The van der Waals surface area contributed by atoms with Gasteiger partial charge in [0.25, 0.3) is 0 Å². The molecule has 1 aliphatic heterocycles. The molecular formula is C12H15N3O. The van der Waals surface area contributed by atoms with Crippen molar-refractivity contribution in [2.75, 3.05) is 11.6 Å². The fourth-order valence-electron chi connectivity index (χ4n) is 2.08. The average Bonchev–Trinajstić information content (AvgIpc) is 2.42. The van der Waals surface area contributed by atoms with Crippen molar-refractivity contribution >= 4 is 11.6 Å². The van der Waals surface area contributed by atoms with Crippen molar-refractivity contribution in [3.63, 3.8) is 0 Å². The zero-order valence-electron chi connectivity index (χ0n) is 9.31. The Hall–Kier alpha value is -1.71. The van der Waals surface area contributed by atoms with Crippen molar-refractivity contribution in [3.8, 4) is 0 Å². The molecule has 0 saturated heterocycles. The van der Waals surface area contributed by atoms with Gasteiger partial charge in [-0.1, -0.05) is 25.1 Å². The van der Waals surface area contributed by atoms with Crippen LogP contribution in [0.3, 0.4) is 0 Å². The number of aryl methyl sites for hydroxylation is 1. The average molecular weight is 217 g/mol. The third kappa shape index (κ3) is 1.83. The molecule has 0 aromatic heterocycles. The van der Waals surface area contributed by atoms with Crippen LogP contribution in [0, 0.1) is 11.4 Å². The summed E-state index contributed by atoms with van der Waals surface area (Å²) >= 11 is 0. The van der Waals surface area contributed by atoms with Gasteiger partial charge in [0.05, 0.1) is 0 Å². The zero-order chi connectivity index (χ0) is 11.5. The van der Waals surface area contributed by atoms with Crippen LogP contribution in [-0.4, -0.2) is 12.6 Å². The van der Waals surface area contributed by atoms with Crippen molar-refractivity contribution in [2.24, 2.45) is 11.0 Å². The van der Waals surface area contributed by atoms with E-state index in [0.29, 0.717) is 0 Å². The monoisotopic (exact) mass is 217 g/mol. The molecular weight excluding hydrogens is 202 g/mol. The van der Waals surface area contributed by atoms with Crippen LogP contribution in [0.25, 0.3) is 0 Å². The van der Waals surface area contributed by atoms with E-state index in [-0.39, 0.29) is 18.5 Å². The lowest BCUT2D eigenvalue weighted by atomic mass is 10.0. The van der Waals surface area contributed by atoms with E-state index in [1.54, 1.807) is 4.90 Å². The van der Waals surface area contributed by atoms with E-state index in [4.69, 9.17) is 5.53 Å². The Morgan fingerprint density at radius 1 is 1.50 bits per heavy atom. The molecule has 0 aliphatic carbocycles. The van der Waals surface area contributed by atoms with Gasteiger partial charge in [-0.2, -0.15) is 5.11 Å². The van der Waals surface area contributed by atoms with E-state index < -0.39 is 0 Å². The molecule has 0 spiro atoms. The maximum atomic E-state index is 12.1. The standard InChI is InChI=1S/C12H15N3O/c1-9-6-7-10-4-2-3-5-11(10)15(8-14-13)12(9)16/h2-5,9,13H,6-8H2,1H3. The first-order valence-corrected chi connectivity index (χ1v) is 5.46. The second-order valence-electron chi connectivity index (χ2n) is 4.13. The van der Waals surface area contributed by atoms with E-state index >= 15 is 0 Å². The number of rotatable bonds is 2. The number of carbonyl (C=O) groups excluding carboxylic acids is 1. The summed E-state index contributed by atoms with van der Waals surface area (Å²) in [5, 5.41) is 3.34.